The molecule has 1 aromatic carbocycles. The highest BCUT2D eigenvalue weighted by atomic mass is 79.9. The van der Waals surface area contributed by atoms with Crippen molar-refractivity contribution >= 4 is 27.3 Å². The van der Waals surface area contributed by atoms with Crippen molar-refractivity contribution in [1.29, 1.82) is 0 Å². The molecule has 1 aromatic heterocycles. The normalized spacial score (nSPS) is 10.4. The summed E-state index contributed by atoms with van der Waals surface area (Å²) in [7, 11) is 1.68. The van der Waals surface area contributed by atoms with E-state index in [0.29, 0.717) is 6.54 Å². The fraction of sp³-hybridized carbons (Fsp3) is 0.167. The lowest BCUT2D eigenvalue weighted by molar-refractivity contribution is 0.416. The smallest absolute Gasteiger partial charge is 0.126 e. The summed E-state index contributed by atoms with van der Waals surface area (Å²) in [6.07, 6.45) is 0. The number of hydrogen-bond acceptors (Lipinski definition) is 3. The lowest BCUT2D eigenvalue weighted by Gasteiger charge is -2.08. The Bertz CT molecular complexity index is 496. The van der Waals surface area contributed by atoms with Crippen LogP contribution in [0.2, 0.25) is 0 Å². The maximum absolute atomic E-state index is 5.76. The van der Waals surface area contributed by atoms with Crippen LogP contribution in [-0.2, 0) is 6.54 Å². The number of thiophene rings is 1. The number of halogens is 1. The van der Waals surface area contributed by atoms with Crippen LogP contribution in [0.3, 0.4) is 0 Å². The summed E-state index contributed by atoms with van der Waals surface area (Å²) in [5.41, 5.74) is 9.13. The number of nitrogens with two attached hydrogens (primary N) is 1. The maximum Gasteiger partial charge on any atom is 0.126 e. The number of hydrogen-bond donors (Lipinski definition) is 1. The van der Waals surface area contributed by atoms with Crippen molar-refractivity contribution in [3.63, 3.8) is 0 Å². The quantitative estimate of drug-likeness (QED) is 0.939. The van der Waals surface area contributed by atoms with Crippen LogP contribution in [-0.4, -0.2) is 7.11 Å². The molecule has 1 heterocycles. The van der Waals surface area contributed by atoms with Gasteiger partial charge in [-0.3, -0.25) is 0 Å². The highest BCUT2D eigenvalue weighted by molar-refractivity contribution is 9.11. The Hall–Kier alpha value is -0.840. The first kappa shape index (κ1) is 11.6. The third-order valence-electron chi connectivity index (χ3n) is 2.44. The van der Waals surface area contributed by atoms with Crippen molar-refractivity contribution < 1.29 is 4.74 Å². The van der Waals surface area contributed by atoms with Gasteiger partial charge in [0.25, 0.3) is 0 Å². The van der Waals surface area contributed by atoms with E-state index in [0.717, 1.165) is 26.2 Å². The van der Waals surface area contributed by atoms with Crippen molar-refractivity contribution in [2.75, 3.05) is 7.11 Å². The molecule has 0 bridgehead atoms. The third kappa shape index (κ3) is 2.00. The van der Waals surface area contributed by atoms with E-state index in [-0.39, 0.29) is 0 Å². The lowest BCUT2D eigenvalue weighted by atomic mass is 10.0. The first-order chi connectivity index (χ1) is 7.77. The van der Waals surface area contributed by atoms with Crippen molar-refractivity contribution in [1.82, 2.24) is 0 Å². The lowest BCUT2D eigenvalue weighted by Crippen LogP contribution is -1.97. The van der Waals surface area contributed by atoms with E-state index in [9.17, 15) is 0 Å². The zero-order chi connectivity index (χ0) is 11.5. The van der Waals surface area contributed by atoms with E-state index in [4.69, 9.17) is 10.5 Å². The predicted octanol–water partition coefficient (Wildman–Crippen LogP) is 3.64. The van der Waals surface area contributed by atoms with Gasteiger partial charge in [0.15, 0.2) is 0 Å². The minimum atomic E-state index is 0.525. The molecule has 0 fully saturated rings. The van der Waals surface area contributed by atoms with Gasteiger partial charge in [-0.1, -0.05) is 18.2 Å². The third-order valence-corrected chi connectivity index (χ3v) is 4.29. The van der Waals surface area contributed by atoms with E-state index in [1.807, 2.05) is 24.3 Å². The Morgan fingerprint density at radius 1 is 1.31 bits per heavy atom. The SMILES string of the molecule is COc1ccccc1-c1csc(Br)c1CN. The number of benzene rings is 1. The minimum absolute atomic E-state index is 0.525. The number of rotatable bonds is 3. The topological polar surface area (TPSA) is 35.2 Å². The summed E-state index contributed by atoms with van der Waals surface area (Å²) in [5.74, 6) is 0.877. The van der Waals surface area contributed by atoms with Crippen LogP contribution < -0.4 is 10.5 Å². The van der Waals surface area contributed by atoms with E-state index < -0.39 is 0 Å². The standard InChI is InChI=1S/C12H12BrNOS/c1-15-11-5-3-2-4-8(11)10-7-16-12(13)9(10)6-14/h2-5,7H,6,14H2,1H3. The fourth-order valence-corrected chi connectivity index (χ4v) is 3.12. The molecule has 0 spiro atoms. The average molecular weight is 298 g/mol. The van der Waals surface area contributed by atoms with Gasteiger partial charge in [0, 0.05) is 23.1 Å². The highest BCUT2D eigenvalue weighted by Gasteiger charge is 2.13. The van der Waals surface area contributed by atoms with Crippen LogP contribution in [0.4, 0.5) is 0 Å². The second-order valence-corrected chi connectivity index (χ2v) is 5.50. The van der Waals surface area contributed by atoms with Crippen LogP contribution in [0, 0.1) is 0 Å². The van der Waals surface area contributed by atoms with Gasteiger partial charge in [-0.25, -0.2) is 0 Å². The molecule has 84 valence electrons. The monoisotopic (exact) mass is 297 g/mol. The second-order valence-electron chi connectivity index (χ2n) is 3.31. The van der Waals surface area contributed by atoms with Crippen LogP contribution in [0.25, 0.3) is 11.1 Å². The van der Waals surface area contributed by atoms with Gasteiger partial charge in [0.1, 0.15) is 5.75 Å². The number of para-hydroxylation sites is 1. The van der Waals surface area contributed by atoms with E-state index in [2.05, 4.69) is 21.3 Å². The zero-order valence-corrected chi connectivity index (χ0v) is 11.3. The van der Waals surface area contributed by atoms with E-state index >= 15 is 0 Å². The van der Waals surface area contributed by atoms with Crippen LogP contribution in [0.15, 0.2) is 33.4 Å². The molecular formula is C12H12BrNOS. The fourth-order valence-electron chi connectivity index (χ4n) is 1.64. The number of ether oxygens (including phenoxy) is 1. The van der Waals surface area contributed by atoms with Crippen LogP contribution in [0.1, 0.15) is 5.56 Å². The molecule has 0 aliphatic rings. The molecule has 2 N–H and O–H groups in total. The molecule has 0 unspecified atom stereocenters. The summed E-state index contributed by atoms with van der Waals surface area (Å²) in [5, 5.41) is 2.10. The summed E-state index contributed by atoms with van der Waals surface area (Å²) in [6.45, 7) is 0.525. The maximum atomic E-state index is 5.76. The Morgan fingerprint density at radius 2 is 2.06 bits per heavy atom. The minimum Gasteiger partial charge on any atom is -0.496 e. The first-order valence-corrected chi connectivity index (χ1v) is 6.54. The predicted molar refractivity (Wildman–Crippen MR) is 71.9 cm³/mol. The first-order valence-electron chi connectivity index (χ1n) is 4.87. The molecule has 0 aliphatic carbocycles. The Balaban J connectivity index is 2.58. The van der Waals surface area contributed by atoms with Crippen LogP contribution >= 0.6 is 27.3 Å². The van der Waals surface area contributed by atoms with Crippen molar-refractivity contribution in [3.05, 3.63) is 39.0 Å². The van der Waals surface area contributed by atoms with Gasteiger partial charge in [-0.05, 0) is 27.6 Å². The summed E-state index contributed by atoms with van der Waals surface area (Å²) < 4.78 is 6.45. The largest absolute Gasteiger partial charge is 0.496 e. The zero-order valence-electron chi connectivity index (χ0n) is 8.87. The summed E-state index contributed by atoms with van der Waals surface area (Å²) in [4.78, 5) is 0. The summed E-state index contributed by atoms with van der Waals surface area (Å²) in [6, 6.07) is 7.98. The van der Waals surface area contributed by atoms with Crippen molar-refractivity contribution in [2.24, 2.45) is 5.73 Å². The average Bonchev–Trinajstić information content (AvgIpc) is 2.70. The molecule has 2 rings (SSSR count). The Labute approximate surface area is 107 Å². The Kier molecular flexibility index (Phi) is 3.63. The van der Waals surface area contributed by atoms with Gasteiger partial charge in [-0.2, -0.15) is 0 Å². The van der Waals surface area contributed by atoms with Crippen molar-refractivity contribution in [3.8, 4) is 16.9 Å². The molecule has 2 aromatic rings. The Morgan fingerprint density at radius 3 is 2.75 bits per heavy atom. The van der Waals surface area contributed by atoms with E-state index in [1.165, 1.54) is 0 Å². The molecule has 0 radical (unpaired) electrons. The molecule has 0 atom stereocenters. The van der Waals surface area contributed by atoms with Crippen LogP contribution in [0.5, 0.6) is 5.75 Å². The second kappa shape index (κ2) is 4.99. The molecule has 2 nitrogen and oxygen atoms in total. The molecule has 0 saturated heterocycles. The molecule has 0 amide bonds. The molecular weight excluding hydrogens is 286 g/mol. The molecule has 0 saturated carbocycles. The van der Waals surface area contributed by atoms with Crippen molar-refractivity contribution in [2.45, 2.75) is 6.54 Å². The van der Waals surface area contributed by atoms with Gasteiger partial charge < -0.3 is 10.5 Å². The van der Waals surface area contributed by atoms with Gasteiger partial charge >= 0.3 is 0 Å². The molecule has 4 heteroatoms. The molecule has 16 heavy (non-hydrogen) atoms. The molecule has 0 aliphatic heterocycles. The highest BCUT2D eigenvalue weighted by Crippen LogP contribution is 2.38. The summed E-state index contributed by atoms with van der Waals surface area (Å²) >= 11 is 5.17. The van der Waals surface area contributed by atoms with Gasteiger partial charge in [0.2, 0.25) is 0 Å². The number of methoxy groups -OCH3 is 1. The van der Waals surface area contributed by atoms with E-state index in [1.54, 1.807) is 18.4 Å². The van der Waals surface area contributed by atoms with Gasteiger partial charge in [0.05, 0.1) is 10.9 Å². The van der Waals surface area contributed by atoms with Gasteiger partial charge in [-0.15, -0.1) is 11.3 Å².